The Labute approximate surface area is 289 Å². The normalized spacial score (nSPS) is 16.5. The Hall–Kier alpha value is -3.61. The second-order valence-corrected chi connectivity index (χ2v) is 14.4. The summed E-state index contributed by atoms with van der Waals surface area (Å²) >= 11 is 0. The third-order valence-electron chi connectivity index (χ3n) is 9.79. The van der Waals surface area contributed by atoms with Crippen LogP contribution in [-0.4, -0.2) is 51.5 Å². The Balaban J connectivity index is 1.60. The minimum Gasteiger partial charge on any atom is -0.368 e. The van der Waals surface area contributed by atoms with Gasteiger partial charge in [-0.3, -0.25) is 9.59 Å². The van der Waals surface area contributed by atoms with Gasteiger partial charge < -0.3 is 25.0 Å². The summed E-state index contributed by atoms with van der Waals surface area (Å²) in [5.41, 5.74) is 0.607. The lowest BCUT2D eigenvalue weighted by molar-refractivity contribution is -0.138. The van der Waals surface area contributed by atoms with Crippen molar-refractivity contribution in [2.45, 2.75) is 104 Å². The molecule has 1 saturated carbocycles. The lowest BCUT2D eigenvalue weighted by Gasteiger charge is -2.31. The number of benzene rings is 2. The van der Waals surface area contributed by atoms with Gasteiger partial charge in [0.25, 0.3) is 5.56 Å². The first-order valence-electron chi connectivity index (χ1n) is 17.3. The summed E-state index contributed by atoms with van der Waals surface area (Å²) < 4.78 is 76.3. The lowest BCUT2D eigenvalue weighted by atomic mass is 9.87. The van der Waals surface area contributed by atoms with Crippen molar-refractivity contribution in [3.05, 3.63) is 91.4 Å². The van der Waals surface area contributed by atoms with Gasteiger partial charge in [-0.25, -0.2) is 8.78 Å². The number of carbonyl (C=O) groups excluding carboxylic acids is 1. The first kappa shape index (κ1) is 37.6. The van der Waals surface area contributed by atoms with Crippen LogP contribution >= 0.6 is 0 Å². The summed E-state index contributed by atoms with van der Waals surface area (Å²) in [5, 5.41) is 22.8. The summed E-state index contributed by atoms with van der Waals surface area (Å²) in [4.78, 5) is 29.4. The van der Waals surface area contributed by atoms with E-state index in [1.165, 1.54) is 6.07 Å². The highest BCUT2D eigenvalue weighted by Gasteiger charge is 2.38. The van der Waals surface area contributed by atoms with E-state index in [9.17, 15) is 33.0 Å². The zero-order valence-electron chi connectivity index (χ0n) is 29.1. The number of carbonyl (C=O) groups is 1. The number of pyridine rings is 1. The fraction of sp³-hybridized carbons (Fsp3) is 0.526. The molecule has 3 aromatic rings. The molecule has 50 heavy (non-hydrogen) atoms. The number of halogens is 5. The Morgan fingerprint density at radius 1 is 0.980 bits per heavy atom. The summed E-state index contributed by atoms with van der Waals surface area (Å²) in [7, 11) is 0. The molecule has 7 nitrogen and oxygen atoms in total. The van der Waals surface area contributed by atoms with E-state index in [-0.39, 0.29) is 41.4 Å². The molecule has 272 valence electrons. The second kappa shape index (κ2) is 14.9. The summed E-state index contributed by atoms with van der Waals surface area (Å²) in [6.07, 6.45) is -4.18. The van der Waals surface area contributed by atoms with E-state index in [1.807, 2.05) is 37.8 Å². The standard InChI is InChI=1S/C38H46F5N3O4/c1-20(2)13-30(46-19-25(9-12-45-10-6-11-45)28(17-31(46)47)38(41,42)43)37(50)44-29(18-32(48)49)34-35(39)26(24-7-8-24)16-27(36(34)40)33-22(4)14-21(3)15-23(33)5/h14-17,19-20,24,29-30,32,48-49H,6-13,18H2,1-5H3,(H,44,50)/t29-,30-/m0/s1. The van der Waals surface area contributed by atoms with Crippen molar-refractivity contribution in [2.24, 2.45) is 5.92 Å². The third kappa shape index (κ3) is 8.29. The molecule has 1 aromatic heterocycles. The number of rotatable bonds is 13. The van der Waals surface area contributed by atoms with Gasteiger partial charge in [0, 0.05) is 36.4 Å². The quantitative estimate of drug-likeness (QED) is 0.132. The van der Waals surface area contributed by atoms with Crippen molar-refractivity contribution in [2.75, 3.05) is 19.6 Å². The van der Waals surface area contributed by atoms with E-state index < -0.39 is 65.2 Å². The molecule has 2 fully saturated rings. The minimum absolute atomic E-state index is 0.00449. The Morgan fingerprint density at radius 3 is 2.14 bits per heavy atom. The maximum atomic E-state index is 16.8. The molecule has 0 bridgehead atoms. The highest BCUT2D eigenvalue weighted by atomic mass is 19.4. The Bertz CT molecular complexity index is 1770. The largest absolute Gasteiger partial charge is 0.416 e. The van der Waals surface area contributed by atoms with E-state index in [1.54, 1.807) is 13.8 Å². The maximum Gasteiger partial charge on any atom is 0.416 e. The molecule has 0 radical (unpaired) electrons. The van der Waals surface area contributed by atoms with E-state index in [0.29, 0.717) is 31.0 Å². The molecule has 1 aliphatic heterocycles. The van der Waals surface area contributed by atoms with Crippen LogP contribution in [0.2, 0.25) is 0 Å². The zero-order chi connectivity index (χ0) is 36.7. The van der Waals surface area contributed by atoms with Crippen LogP contribution in [0.3, 0.4) is 0 Å². The number of amides is 1. The SMILES string of the molecule is Cc1cc(C)c(-c2cc(C3CC3)c(F)c([C@H](CC(O)O)NC(=O)[C@H](CC(C)C)n3cc(CCN4CCC4)c(C(F)(F)F)cc3=O)c2F)c(C)c1. The van der Waals surface area contributed by atoms with Crippen LogP contribution < -0.4 is 10.9 Å². The molecule has 2 aliphatic rings. The monoisotopic (exact) mass is 703 g/mol. The molecule has 3 N–H and O–H groups in total. The van der Waals surface area contributed by atoms with Crippen LogP contribution in [0.25, 0.3) is 11.1 Å². The first-order chi connectivity index (χ1) is 23.5. The number of aliphatic hydroxyl groups excluding tert-OH is 1. The molecule has 2 atom stereocenters. The van der Waals surface area contributed by atoms with Crippen LogP contribution in [0, 0.1) is 38.3 Å². The average Bonchev–Trinajstić information content (AvgIpc) is 3.81. The van der Waals surface area contributed by atoms with Crippen molar-refractivity contribution < 1.29 is 37.0 Å². The first-order valence-corrected chi connectivity index (χ1v) is 17.3. The predicted molar refractivity (Wildman–Crippen MR) is 181 cm³/mol. The van der Waals surface area contributed by atoms with Gasteiger partial charge in [0.15, 0.2) is 6.29 Å². The number of likely N-dealkylation sites (tertiary alicyclic amines) is 1. The molecule has 0 spiro atoms. The topological polar surface area (TPSA) is 94.8 Å². The van der Waals surface area contributed by atoms with Gasteiger partial charge in [0.05, 0.1) is 11.6 Å². The molecule has 1 aliphatic carbocycles. The molecular formula is C38H46F5N3O4. The van der Waals surface area contributed by atoms with Gasteiger partial charge in [-0.1, -0.05) is 31.5 Å². The summed E-state index contributed by atoms with van der Waals surface area (Å²) in [5.74, 6) is -3.16. The predicted octanol–water partition coefficient (Wildman–Crippen LogP) is 7.01. The number of alkyl halides is 3. The molecule has 5 rings (SSSR count). The molecule has 2 heterocycles. The molecular weight excluding hydrogens is 657 g/mol. The number of nitrogens with one attached hydrogen (secondary N) is 1. The summed E-state index contributed by atoms with van der Waals surface area (Å²) in [6, 6.07) is 2.82. The van der Waals surface area contributed by atoms with Crippen LogP contribution in [0.1, 0.15) is 103 Å². The molecule has 12 heteroatoms. The van der Waals surface area contributed by atoms with Gasteiger partial charge in [-0.2, -0.15) is 13.2 Å². The maximum absolute atomic E-state index is 16.8. The molecule has 0 unspecified atom stereocenters. The summed E-state index contributed by atoms with van der Waals surface area (Å²) in [6.45, 7) is 11.0. The van der Waals surface area contributed by atoms with E-state index >= 15 is 8.78 Å². The Kier molecular flexibility index (Phi) is 11.2. The van der Waals surface area contributed by atoms with E-state index in [4.69, 9.17) is 0 Å². The second-order valence-electron chi connectivity index (χ2n) is 14.4. The van der Waals surface area contributed by atoms with Crippen LogP contribution in [-0.2, 0) is 17.4 Å². The van der Waals surface area contributed by atoms with E-state index in [2.05, 4.69) is 5.32 Å². The van der Waals surface area contributed by atoms with Gasteiger partial charge in [0.1, 0.15) is 17.7 Å². The van der Waals surface area contributed by atoms with Gasteiger partial charge in [0.2, 0.25) is 5.91 Å². The van der Waals surface area contributed by atoms with Gasteiger partial charge >= 0.3 is 6.18 Å². The Morgan fingerprint density at radius 2 is 1.62 bits per heavy atom. The highest BCUT2D eigenvalue weighted by molar-refractivity contribution is 5.81. The smallest absolute Gasteiger partial charge is 0.368 e. The van der Waals surface area contributed by atoms with E-state index in [0.717, 1.165) is 47.0 Å². The van der Waals surface area contributed by atoms with Gasteiger partial charge in [-0.15, -0.1) is 0 Å². The van der Waals surface area contributed by atoms with Crippen molar-refractivity contribution in [1.29, 1.82) is 0 Å². The minimum atomic E-state index is -4.80. The van der Waals surface area contributed by atoms with Crippen LogP contribution in [0.4, 0.5) is 22.0 Å². The lowest BCUT2D eigenvalue weighted by Crippen LogP contribution is -2.42. The zero-order valence-corrected chi connectivity index (χ0v) is 29.1. The van der Waals surface area contributed by atoms with Crippen molar-refractivity contribution in [1.82, 2.24) is 14.8 Å². The van der Waals surface area contributed by atoms with Crippen LogP contribution in [0.5, 0.6) is 0 Å². The fourth-order valence-electron chi connectivity index (χ4n) is 7.17. The van der Waals surface area contributed by atoms with Crippen LogP contribution in [0.15, 0.2) is 35.3 Å². The van der Waals surface area contributed by atoms with Gasteiger partial charge in [-0.05, 0) is 112 Å². The number of hydrogen-bond donors (Lipinski definition) is 3. The van der Waals surface area contributed by atoms with Crippen molar-refractivity contribution in [3.8, 4) is 11.1 Å². The van der Waals surface area contributed by atoms with Crippen molar-refractivity contribution >= 4 is 5.91 Å². The number of aliphatic hydroxyl groups is 2. The fourth-order valence-corrected chi connectivity index (χ4v) is 7.17. The number of aryl methyl sites for hydroxylation is 3. The molecule has 1 saturated heterocycles. The highest BCUT2D eigenvalue weighted by Crippen LogP contribution is 2.46. The number of hydrogen-bond acceptors (Lipinski definition) is 5. The average molecular weight is 704 g/mol. The molecule has 2 aromatic carbocycles. The molecule has 1 amide bonds. The number of aromatic nitrogens is 1. The number of nitrogens with zero attached hydrogens (tertiary/aromatic N) is 2. The third-order valence-corrected chi connectivity index (χ3v) is 9.79. The van der Waals surface area contributed by atoms with Crippen molar-refractivity contribution in [3.63, 3.8) is 0 Å².